The molecule has 1 heterocycles. The van der Waals surface area contributed by atoms with Crippen LogP contribution in [0.2, 0.25) is 0 Å². The van der Waals surface area contributed by atoms with Crippen LogP contribution in [0, 0.1) is 13.8 Å². The Hall–Kier alpha value is -4.03. The zero-order valence-electron chi connectivity index (χ0n) is 21.0. The van der Waals surface area contributed by atoms with Crippen LogP contribution in [0.15, 0.2) is 79.1 Å². The molecule has 34 heavy (non-hydrogen) atoms. The number of fused-ring (bicyclic) bond motifs is 1. The summed E-state index contributed by atoms with van der Waals surface area (Å²) < 4.78 is 21.8. The van der Waals surface area contributed by atoms with Crippen molar-refractivity contribution in [2.45, 2.75) is 26.3 Å². The molecule has 0 saturated heterocycles. The van der Waals surface area contributed by atoms with Gasteiger partial charge in [0, 0.05) is 30.0 Å². The molecule has 4 rings (SSSR count). The summed E-state index contributed by atoms with van der Waals surface area (Å²) in [6.45, 7) is 1.41. The molecule has 0 aliphatic carbocycles. The van der Waals surface area contributed by atoms with Crippen molar-refractivity contribution in [1.82, 2.24) is 4.98 Å². The summed E-state index contributed by atoms with van der Waals surface area (Å²) in [7, 11) is 0. The van der Waals surface area contributed by atoms with Crippen molar-refractivity contribution >= 4 is 28.3 Å². The summed E-state index contributed by atoms with van der Waals surface area (Å²) in [6, 6.07) is 18.9. The van der Waals surface area contributed by atoms with Gasteiger partial charge in [-0.1, -0.05) is 48.0 Å². The minimum Gasteiger partial charge on any atom is -0.457 e. The number of hydrogen-bond acceptors (Lipinski definition) is 5. The van der Waals surface area contributed by atoms with Crippen LogP contribution in [-0.2, 0) is 16.1 Å². The van der Waals surface area contributed by atoms with E-state index in [1.54, 1.807) is 49.6 Å². The van der Waals surface area contributed by atoms with Crippen molar-refractivity contribution in [2.75, 3.05) is 11.9 Å². The first-order valence-corrected chi connectivity index (χ1v) is 10.9. The Bertz CT molecular complexity index is 1420. The number of nitrogens with zero attached hydrogens (tertiary/aromatic N) is 1. The Morgan fingerprint density at radius 1 is 1.03 bits per heavy atom. The molecule has 1 atom stereocenters. The fraction of sp³-hybridized carbons (Fsp3) is 0.179. The largest absolute Gasteiger partial charge is 0.457 e. The van der Waals surface area contributed by atoms with E-state index in [1.807, 2.05) is 31.2 Å². The number of ether oxygens (including phenoxy) is 1. The molecular weight excluding hydrogens is 426 g/mol. The van der Waals surface area contributed by atoms with Crippen LogP contribution in [0.5, 0.6) is 0 Å². The van der Waals surface area contributed by atoms with Gasteiger partial charge in [0.25, 0.3) is 0 Å². The first kappa shape index (κ1) is 20.6. The maximum atomic E-state index is 13.0. The molecule has 0 fully saturated rings. The summed E-state index contributed by atoms with van der Waals surface area (Å²) in [5, 5.41) is 4.82. The lowest BCUT2D eigenvalue weighted by Crippen LogP contribution is -2.27. The summed E-state index contributed by atoms with van der Waals surface area (Å²) in [5.74, 6) is -1.66. The summed E-state index contributed by atoms with van der Waals surface area (Å²) in [4.78, 5) is 29.7. The maximum absolute atomic E-state index is 13.0. The number of nitrogens with two attached hydrogens (primary N) is 1. The molecule has 0 aliphatic rings. The van der Waals surface area contributed by atoms with Crippen molar-refractivity contribution in [2.24, 2.45) is 5.73 Å². The third-order valence-corrected chi connectivity index (χ3v) is 5.64. The minimum atomic E-state index is -2.35. The van der Waals surface area contributed by atoms with Gasteiger partial charge in [0.2, 0.25) is 5.91 Å². The van der Waals surface area contributed by atoms with E-state index < -0.39 is 18.4 Å². The van der Waals surface area contributed by atoms with E-state index in [4.69, 9.17) is 13.2 Å². The van der Waals surface area contributed by atoms with Gasteiger partial charge in [0.05, 0.1) is 14.2 Å². The number of rotatable bonds is 7. The van der Waals surface area contributed by atoms with Crippen LogP contribution in [0.25, 0.3) is 10.8 Å². The first-order chi connectivity index (χ1) is 17.2. The number of anilines is 1. The van der Waals surface area contributed by atoms with Crippen molar-refractivity contribution in [3.63, 3.8) is 0 Å². The molecule has 0 spiro atoms. The molecule has 4 aromatic rings. The second kappa shape index (κ2) is 10.3. The highest BCUT2D eigenvalue weighted by atomic mass is 16.5. The third kappa shape index (κ3) is 5.30. The summed E-state index contributed by atoms with van der Waals surface area (Å²) >= 11 is 0. The minimum absolute atomic E-state index is 0.0667. The molecule has 6 heteroatoms. The van der Waals surface area contributed by atoms with E-state index in [2.05, 4.69) is 10.3 Å². The van der Waals surface area contributed by atoms with Gasteiger partial charge in [-0.15, -0.1) is 0 Å². The maximum Gasteiger partial charge on any atom is 0.338 e. The Labute approximate surface area is 201 Å². The second-order valence-electron chi connectivity index (χ2n) is 8.15. The van der Waals surface area contributed by atoms with Gasteiger partial charge in [-0.25, -0.2) is 4.79 Å². The summed E-state index contributed by atoms with van der Waals surface area (Å²) in [5.41, 5.74) is 9.36. The molecule has 172 valence electrons. The van der Waals surface area contributed by atoms with Gasteiger partial charge < -0.3 is 15.8 Å². The van der Waals surface area contributed by atoms with E-state index in [1.165, 1.54) is 12.1 Å². The number of aryl methyl sites for hydroxylation is 2. The van der Waals surface area contributed by atoms with Crippen LogP contribution in [0.4, 0.5) is 5.69 Å². The molecule has 1 amide bonds. The number of esters is 1. The fourth-order valence-corrected chi connectivity index (χ4v) is 3.77. The highest BCUT2D eigenvalue weighted by Gasteiger charge is 2.19. The van der Waals surface area contributed by atoms with Gasteiger partial charge in [-0.2, -0.15) is 0 Å². The van der Waals surface area contributed by atoms with Crippen LogP contribution in [-0.4, -0.2) is 23.4 Å². The molecule has 0 saturated carbocycles. The Morgan fingerprint density at radius 2 is 1.82 bits per heavy atom. The van der Waals surface area contributed by atoms with E-state index in [9.17, 15) is 9.59 Å². The lowest BCUT2D eigenvalue weighted by Gasteiger charge is -2.16. The molecule has 3 N–H and O–H groups in total. The number of nitrogens with one attached hydrogen (secondary N) is 1. The Kier molecular flexibility index (Phi) is 6.21. The molecule has 0 bridgehead atoms. The number of amides is 1. The number of aromatic nitrogens is 1. The molecular formula is C28H27N3O3. The quantitative estimate of drug-likeness (QED) is 0.387. The number of hydrogen-bond donors (Lipinski definition) is 2. The lowest BCUT2D eigenvalue weighted by molar-refractivity contribution is -0.117. The Morgan fingerprint density at radius 3 is 2.56 bits per heavy atom. The number of carbonyl (C=O) groups excluding carboxylic acids is 2. The predicted molar refractivity (Wildman–Crippen MR) is 134 cm³/mol. The molecule has 0 radical (unpaired) electrons. The average Bonchev–Trinajstić information content (AvgIpc) is 2.84. The highest BCUT2D eigenvalue weighted by Crippen LogP contribution is 2.22. The number of carbonyl (C=O) groups is 2. The van der Waals surface area contributed by atoms with Gasteiger partial charge in [-0.3, -0.25) is 9.78 Å². The SMILES string of the molecule is [2H]C([2H])(OC(=O)c1ccc(C)cc1C)c1ccc(C(CN)C(=O)Nc2ccc3cnccc3c2)cc1. The van der Waals surface area contributed by atoms with Crippen molar-refractivity contribution < 1.29 is 17.1 Å². The zero-order valence-corrected chi connectivity index (χ0v) is 19.0. The Balaban J connectivity index is 1.47. The third-order valence-electron chi connectivity index (χ3n) is 5.64. The van der Waals surface area contributed by atoms with E-state index in [0.29, 0.717) is 22.4 Å². The molecule has 1 aromatic heterocycles. The van der Waals surface area contributed by atoms with E-state index in [0.717, 1.165) is 16.3 Å². The van der Waals surface area contributed by atoms with E-state index >= 15 is 0 Å². The van der Waals surface area contributed by atoms with Crippen LogP contribution in [0.1, 0.15) is 41.3 Å². The average molecular weight is 456 g/mol. The van der Waals surface area contributed by atoms with Crippen molar-refractivity contribution in [1.29, 1.82) is 0 Å². The van der Waals surface area contributed by atoms with Crippen LogP contribution < -0.4 is 11.1 Å². The van der Waals surface area contributed by atoms with E-state index in [-0.39, 0.29) is 18.0 Å². The van der Waals surface area contributed by atoms with Crippen molar-refractivity contribution in [3.8, 4) is 0 Å². The smallest absolute Gasteiger partial charge is 0.338 e. The number of benzene rings is 3. The fourth-order valence-electron chi connectivity index (χ4n) is 3.77. The highest BCUT2D eigenvalue weighted by molar-refractivity contribution is 5.98. The lowest BCUT2D eigenvalue weighted by atomic mass is 9.97. The molecule has 6 nitrogen and oxygen atoms in total. The second-order valence-corrected chi connectivity index (χ2v) is 8.15. The monoisotopic (exact) mass is 455 g/mol. The van der Waals surface area contributed by atoms with Gasteiger partial charge in [-0.05, 0) is 60.2 Å². The standard InChI is InChI=1S/C28H27N3O3/c1-18-3-10-25(19(2)13-18)28(33)34-17-20-4-6-21(7-5-20)26(15-29)27(32)31-24-9-8-23-16-30-12-11-22(23)14-24/h3-14,16,26H,15,17,29H2,1-2H3,(H,31,32)/i17D2. The zero-order chi connectivity index (χ0) is 25.9. The van der Waals surface area contributed by atoms with Crippen LogP contribution >= 0.6 is 0 Å². The predicted octanol–water partition coefficient (Wildman–Crippen LogP) is 4.89. The van der Waals surface area contributed by atoms with Gasteiger partial charge in [0.1, 0.15) is 6.56 Å². The van der Waals surface area contributed by atoms with Gasteiger partial charge >= 0.3 is 5.97 Å². The molecule has 3 aromatic carbocycles. The molecule has 1 unspecified atom stereocenters. The summed E-state index contributed by atoms with van der Waals surface area (Å²) in [6.07, 6.45) is 3.44. The first-order valence-electron chi connectivity index (χ1n) is 11.9. The topological polar surface area (TPSA) is 94.3 Å². The normalized spacial score (nSPS) is 13.0. The van der Waals surface area contributed by atoms with Crippen molar-refractivity contribution in [3.05, 3.63) is 107 Å². The van der Waals surface area contributed by atoms with Crippen LogP contribution in [0.3, 0.4) is 0 Å². The molecule has 0 aliphatic heterocycles. The number of pyridine rings is 1. The van der Waals surface area contributed by atoms with Gasteiger partial charge in [0.15, 0.2) is 0 Å².